The van der Waals surface area contributed by atoms with E-state index in [9.17, 15) is 4.79 Å². The highest BCUT2D eigenvalue weighted by Gasteiger charge is 2.40. The molecule has 1 aliphatic carbocycles. The van der Waals surface area contributed by atoms with Gasteiger partial charge in [-0.3, -0.25) is 9.78 Å². The molecule has 1 aromatic heterocycles. The van der Waals surface area contributed by atoms with Gasteiger partial charge in [-0.2, -0.15) is 0 Å². The molecule has 0 bridgehead atoms. The molecular formula is C34H41ClN2O5. The molecule has 1 spiro atoms. The predicted molar refractivity (Wildman–Crippen MR) is 164 cm³/mol. The summed E-state index contributed by atoms with van der Waals surface area (Å²) in [7, 11) is 1.64. The van der Waals surface area contributed by atoms with Crippen LogP contribution in [0.25, 0.3) is 10.9 Å². The molecule has 0 atom stereocenters. The van der Waals surface area contributed by atoms with Crippen molar-refractivity contribution in [1.82, 2.24) is 9.88 Å². The molecule has 1 saturated carbocycles. The zero-order valence-corrected chi connectivity index (χ0v) is 25.3. The number of nitrogens with zero attached hydrogens (tertiary/aromatic N) is 2. The van der Waals surface area contributed by atoms with Crippen LogP contribution in [0.5, 0.6) is 23.0 Å². The third-order valence-electron chi connectivity index (χ3n) is 9.29. The fraction of sp³-hybridized carbons (Fsp3) is 0.529. The molecule has 0 amide bonds. The number of likely N-dealkylation sites (tertiary alicyclic amines) is 1. The zero-order chi connectivity index (χ0) is 28.9. The smallest absolute Gasteiger partial charge is 0.163 e. The fourth-order valence-corrected chi connectivity index (χ4v) is 6.44. The van der Waals surface area contributed by atoms with Crippen molar-refractivity contribution in [3.05, 3.63) is 53.2 Å². The number of carbonyl (C=O) groups excluding carboxylic acids is 1. The van der Waals surface area contributed by atoms with E-state index in [1.807, 2.05) is 30.3 Å². The van der Waals surface area contributed by atoms with Crippen LogP contribution in [-0.4, -0.2) is 62.2 Å². The Labute approximate surface area is 253 Å². The Balaban J connectivity index is 1.05. The Kier molecular flexibility index (Phi) is 9.17. The summed E-state index contributed by atoms with van der Waals surface area (Å²) in [6, 6.07) is 11.2. The van der Waals surface area contributed by atoms with Crippen LogP contribution in [-0.2, 0) is 16.0 Å². The number of aromatic nitrogens is 1. The lowest BCUT2D eigenvalue weighted by molar-refractivity contribution is -0.139. The molecular weight excluding hydrogens is 552 g/mol. The Morgan fingerprint density at radius 1 is 1.10 bits per heavy atom. The number of ketones is 1. The number of benzene rings is 2. The maximum atomic E-state index is 12.5. The zero-order valence-electron chi connectivity index (χ0n) is 24.5. The topological polar surface area (TPSA) is 70.1 Å². The predicted octanol–water partition coefficient (Wildman–Crippen LogP) is 7.26. The number of pyridine rings is 1. The summed E-state index contributed by atoms with van der Waals surface area (Å²) < 4.78 is 23.5. The van der Waals surface area contributed by atoms with Gasteiger partial charge in [0.1, 0.15) is 17.3 Å². The van der Waals surface area contributed by atoms with Crippen molar-refractivity contribution in [1.29, 1.82) is 0 Å². The lowest BCUT2D eigenvalue weighted by Crippen LogP contribution is -2.51. The Bertz CT molecular complexity index is 1390. The maximum Gasteiger partial charge on any atom is 0.163 e. The first-order chi connectivity index (χ1) is 20.5. The first kappa shape index (κ1) is 29.2. The number of hydrogen-bond donors (Lipinski definition) is 0. The third-order valence-corrected chi connectivity index (χ3v) is 9.64. The van der Waals surface area contributed by atoms with Gasteiger partial charge in [-0.15, -0.1) is 0 Å². The fourth-order valence-electron chi connectivity index (χ4n) is 6.20. The van der Waals surface area contributed by atoms with Gasteiger partial charge in [0.15, 0.2) is 11.5 Å². The number of halogens is 1. The lowest BCUT2D eigenvalue weighted by atomic mass is 9.77. The average molecular weight is 593 g/mol. The minimum atomic E-state index is 0.242. The molecule has 6 rings (SSSR count). The highest BCUT2D eigenvalue weighted by atomic mass is 35.5. The van der Waals surface area contributed by atoms with Crippen LogP contribution < -0.4 is 14.2 Å². The third kappa shape index (κ3) is 6.85. The second kappa shape index (κ2) is 13.2. The van der Waals surface area contributed by atoms with E-state index in [0.29, 0.717) is 52.9 Å². The van der Waals surface area contributed by atoms with Crippen LogP contribution in [0, 0.1) is 11.3 Å². The second-order valence-corrected chi connectivity index (χ2v) is 12.7. The monoisotopic (exact) mass is 592 g/mol. The molecule has 3 aromatic rings. The van der Waals surface area contributed by atoms with E-state index in [0.717, 1.165) is 68.1 Å². The largest absolute Gasteiger partial charge is 0.493 e. The molecule has 2 aromatic carbocycles. The summed E-state index contributed by atoms with van der Waals surface area (Å²) >= 11 is 6.57. The van der Waals surface area contributed by atoms with Gasteiger partial charge in [-0.05, 0) is 74.5 Å². The van der Waals surface area contributed by atoms with Crippen LogP contribution in [0.4, 0.5) is 0 Å². The molecule has 42 heavy (non-hydrogen) atoms. The quantitative estimate of drug-likeness (QED) is 0.193. The van der Waals surface area contributed by atoms with Crippen LogP contribution in [0.15, 0.2) is 42.6 Å². The number of carbonyl (C=O) groups is 1. The SMILES string of the molecule is COc1cc2c(Oc3ccc(CC(=O)CCC4CCC4)c(Cl)c3)ccnc2cc1OCCCN1CCC2(CC1)COC2. The van der Waals surface area contributed by atoms with Crippen LogP contribution in [0.2, 0.25) is 5.02 Å². The summed E-state index contributed by atoms with van der Waals surface area (Å²) in [4.78, 5) is 19.6. The van der Waals surface area contributed by atoms with Gasteiger partial charge in [0.25, 0.3) is 0 Å². The Morgan fingerprint density at radius 3 is 2.62 bits per heavy atom. The first-order valence-corrected chi connectivity index (χ1v) is 15.8. The van der Waals surface area contributed by atoms with Crippen molar-refractivity contribution in [2.24, 2.45) is 11.3 Å². The molecule has 0 N–H and O–H groups in total. The molecule has 2 saturated heterocycles. The second-order valence-electron chi connectivity index (χ2n) is 12.3. The number of hydrogen-bond acceptors (Lipinski definition) is 7. The van der Waals surface area contributed by atoms with E-state index in [1.165, 1.54) is 32.1 Å². The summed E-state index contributed by atoms with van der Waals surface area (Å²) in [5, 5.41) is 1.35. The summed E-state index contributed by atoms with van der Waals surface area (Å²) in [6.07, 6.45) is 11.0. The van der Waals surface area contributed by atoms with E-state index < -0.39 is 0 Å². The first-order valence-electron chi connectivity index (χ1n) is 15.4. The number of fused-ring (bicyclic) bond motifs is 1. The van der Waals surface area contributed by atoms with E-state index in [4.69, 9.17) is 30.5 Å². The molecule has 3 fully saturated rings. The normalized spacial score (nSPS) is 18.4. The van der Waals surface area contributed by atoms with Gasteiger partial charge in [0, 0.05) is 47.5 Å². The molecule has 3 aliphatic rings. The molecule has 7 nitrogen and oxygen atoms in total. The van der Waals surface area contributed by atoms with Gasteiger partial charge in [0.05, 0.1) is 32.4 Å². The minimum absolute atomic E-state index is 0.242. The standard InChI is InChI=1S/C34H41ClN2O5/c1-39-32-20-28-30(21-33(32)41-17-3-14-37-15-11-34(12-16-37)22-40-23-34)36-13-10-31(28)42-27-9-7-25(29(35)19-27)18-26(38)8-6-24-4-2-5-24/h7,9-10,13,19-21,24H,2-6,8,11-12,14-18,22-23H2,1H3. The van der Waals surface area contributed by atoms with Crippen molar-refractivity contribution < 1.29 is 23.7 Å². The van der Waals surface area contributed by atoms with Gasteiger partial charge < -0.3 is 23.8 Å². The highest BCUT2D eigenvalue weighted by molar-refractivity contribution is 6.31. The van der Waals surface area contributed by atoms with E-state index >= 15 is 0 Å². The van der Waals surface area contributed by atoms with Crippen LogP contribution in [0.3, 0.4) is 0 Å². The average Bonchev–Trinajstić information content (AvgIpc) is 2.95. The Hall–Kier alpha value is -2.87. The molecule has 224 valence electrons. The summed E-state index contributed by atoms with van der Waals surface area (Å²) in [6.45, 7) is 5.79. The van der Waals surface area contributed by atoms with Gasteiger partial charge in [-0.25, -0.2) is 0 Å². The Morgan fingerprint density at radius 2 is 1.93 bits per heavy atom. The number of piperidine rings is 1. The molecule has 0 radical (unpaired) electrons. The minimum Gasteiger partial charge on any atom is -0.493 e. The number of methoxy groups -OCH3 is 1. The van der Waals surface area contributed by atoms with Crippen molar-refractivity contribution in [2.75, 3.05) is 46.6 Å². The van der Waals surface area contributed by atoms with E-state index in [2.05, 4.69) is 9.88 Å². The summed E-state index contributed by atoms with van der Waals surface area (Å²) in [5.41, 5.74) is 2.06. The van der Waals surface area contributed by atoms with Crippen molar-refractivity contribution in [3.63, 3.8) is 0 Å². The van der Waals surface area contributed by atoms with Gasteiger partial charge in [-0.1, -0.05) is 36.9 Å². The van der Waals surface area contributed by atoms with Crippen molar-refractivity contribution >= 4 is 28.3 Å². The maximum absolute atomic E-state index is 12.5. The van der Waals surface area contributed by atoms with Crippen molar-refractivity contribution in [3.8, 4) is 23.0 Å². The van der Waals surface area contributed by atoms with E-state index in [1.54, 1.807) is 19.4 Å². The summed E-state index contributed by atoms with van der Waals surface area (Å²) in [5.74, 6) is 3.53. The van der Waals surface area contributed by atoms with Gasteiger partial charge in [0.2, 0.25) is 0 Å². The lowest BCUT2D eigenvalue weighted by Gasteiger charge is -2.47. The van der Waals surface area contributed by atoms with Crippen LogP contribution >= 0.6 is 11.6 Å². The molecule has 2 aliphatic heterocycles. The van der Waals surface area contributed by atoms with Crippen LogP contribution in [0.1, 0.15) is 56.9 Å². The van der Waals surface area contributed by atoms with E-state index in [-0.39, 0.29) is 5.78 Å². The van der Waals surface area contributed by atoms with Crippen molar-refractivity contribution in [2.45, 2.75) is 57.8 Å². The molecule has 0 unspecified atom stereocenters. The molecule has 3 heterocycles. The highest BCUT2D eigenvalue weighted by Crippen LogP contribution is 2.39. The molecule has 8 heteroatoms. The van der Waals surface area contributed by atoms with Gasteiger partial charge >= 0.3 is 0 Å². The number of ether oxygens (including phenoxy) is 4. The number of rotatable bonds is 13. The number of Topliss-reactive ketones (excluding diaryl/α,β-unsaturated/α-hetero) is 1.